The molecule has 0 aliphatic heterocycles. The third-order valence-corrected chi connectivity index (χ3v) is 4.73. The number of nitrogens with zero attached hydrogens (tertiary/aromatic N) is 1. The van der Waals surface area contributed by atoms with Crippen LogP contribution in [-0.4, -0.2) is 41.8 Å². The van der Waals surface area contributed by atoms with Crippen molar-refractivity contribution in [3.05, 3.63) is 35.9 Å². The van der Waals surface area contributed by atoms with Gasteiger partial charge in [0.1, 0.15) is 0 Å². The smallest absolute Gasteiger partial charge is 0.0541 e. The topological polar surface area (TPSA) is 35.5 Å². The fourth-order valence-electron chi connectivity index (χ4n) is 3.36. The first-order valence-electron chi connectivity index (χ1n) is 8.45. The maximum absolute atomic E-state index is 9.61. The van der Waals surface area contributed by atoms with Gasteiger partial charge in [0, 0.05) is 18.6 Å². The van der Waals surface area contributed by atoms with Gasteiger partial charge in [-0.3, -0.25) is 4.90 Å². The third-order valence-electron chi connectivity index (χ3n) is 4.73. The SMILES string of the molecule is CCN(CC)C(CNC1CCC(O)CC1)c1ccccc1. The van der Waals surface area contributed by atoms with Crippen LogP contribution in [-0.2, 0) is 0 Å². The monoisotopic (exact) mass is 290 g/mol. The van der Waals surface area contributed by atoms with Crippen LogP contribution >= 0.6 is 0 Å². The molecule has 2 rings (SSSR count). The molecule has 0 spiro atoms. The summed E-state index contributed by atoms with van der Waals surface area (Å²) in [5.74, 6) is 0. The number of aliphatic hydroxyl groups excluding tert-OH is 1. The van der Waals surface area contributed by atoms with Crippen LogP contribution in [0.25, 0.3) is 0 Å². The molecule has 0 bridgehead atoms. The van der Waals surface area contributed by atoms with E-state index >= 15 is 0 Å². The lowest BCUT2D eigenvalue weighted by atomic mass is 9.92. The van der Waals surface area contributed by atoms with Crippen molar-refractivity contribution in [3.63, 3.8) is 0 Å². The lowest BCUT2D eigenvalue weighted by molar-refractivity contribution is 0.113. The third kappa shape index (κ3) is 4.80. The van der Waals surface area contributed by atoms with Gasteiger partial charge < -0.3 is 10.4 Å². The second kappa shape index (κ2) is 8.52. The molecule has 0 saturated heterocycles. The zero-order valence-electron chi connectivity index (χ0n) is 13.5. The van der Waals surface area contributed by atoms with Crippen LogP contribution in [0.15, 0.2) is 30.3 Å². The second-order valence-corrected chi connectivity index (χ2v) is 6.06. The van der Waals surface area contributed by atoms with E-state index in [1.54, 1.807) is 0 Å². The number of aliphatic hydroxyl groups is 1. The van der Waals surface area contributed by atoms with Crippen molar-refractivity contribution < 1.29 is 5.11 Å². The highest BCUT2D eigenvalue weighted by molar-refractivity contribution is 5.19. The Balaban J connectivity index is 1.96. The number of hydrogen-bond donors (Lipinski definition) is 2. The number of hydrogen-bond acceptors (Lipinski definition) is 3. The van der Waals surface area contributed by atoms with Crippen molar-refractivity contribution in [1.29, 1.82) is 0 Å². The molecule has 1 unspecified atom stereocenters. The van der Waals surface area contributed by atoms with Crippen molar-refractivity contribution in [3.8, 4) is 0 Å². The van der Waals surface area contributed by atoms with E-state index in [1.165, 1.54) is 5.56 Å². The molecule has 1 atom stereocenters. The van der Waals surface area contributed by atoms with E-state index < -0.39 is 0 Å². The Hall–Kier alpha value is -0.900. The average molecular weight is 290 g/mol. The standard InChI is InChI=1S/C18H30N2O/c1-3-20(4-2)18(15-8-6-5-7-9-15)14-19-16-10-12-17(21)13-11-16/h5-9,16-19,21H,3-4,10-14H2,1-2H3. The molecule has 21 heavy (non-hydrogen) atoms. The summed E-state index contributed by atoms with van der Waals surface area (Å²) >= 11 is 0. The van der Waals surface area contributed by atoms with Crippen LogP contribution in [0.4, 0.5) is 0 Å². The molecular formula is C18H30N2O. The average Bonchev–Trinajstić information content (AvgIpc) is 2.54. The second-order valence-electron chi connectivity index (χ2n) is 6.06. The van der Waals surface area contributed by atoms with Crippen molar-refractivity contribution in [2.45, 2.75) is 57.7 Å². The maximum Gasteiger partial charge on any atom is 0.0541 e. The van der Waals surface area contributed by atoms with Crippen LogP contribution < -0.4 is 5.32 Å². The molecule has 1 fully saturated rings. The number of benzene rings is 1. The summed E-state index contributed by atoms with van der Waals surface area (Å²) in [5, 5.41) is 13.3. The number of rotatable bonds is 7. The molecule has 1 aromatic carbocycles. The summed E-state index contributed by atoms with van der Waals surface area (Å²) in [6.07, 6.45) is 4.01. The van der Waals surface area contributed by atoms with E-state index in [0.717, 1.165) is 45.3 Å². The van der Waals surface area contributed by atoms with Gasteiger partial charge in [0.05, 0.1) is 6.10 Å². The van der Waals surface area contributed by atoms with Gasteiger partial charge in [-0.2, -0.15) is 0 Å². The summed E-state index contributed by atoms with van der Waals surface area (Å²) in [7, 11) is 0. The zero-order valence-corrected chi connectivity index (χ0v) is 13.5. The first kappa shape index (κ1) is 16.5. The number of nitrogens with one attached hydrogen (secondary N) is 1. The molecule has 2 N–H and O–H groups in total. The quantitative estimate of drug-likeness (QED) is 0.810. The van der Waals surface area contributed by atoms with Gasteiger partial charge in [0.15, 0.2) is 0 Å². The Morgan fingerprint density at radius 2 is 1.71 bits per heavy atom. The van der Waals surface area contributed by atoms with Gasteiger partial charge in [0.25, 0.3) is 0 Å². The fraction of sp³-hybridized carbons (Fsp3) is 0.667. The highest BCUT2D eigenvalue weighted by Crippen LogP contribution is 2.22. The summed E-state index contributed by atoms with van der Waals surface area (Å²) < 4.78 is 0. The van der Waals surface area contributed by atoms with Gasteiger partial charge >= 0.3 is 0 Å². The Kier molecular flexibility index (Phi) is 6.68. The Morgan fingerprint density at radius 3 is 2.29 bits per heavy atom. The summed E-state index contributed by atoms with van der Waals surface area (Å²) in [4.78, 5) is 2.51. The summed E-state index contributed by atoms with van der Waals surface area (Å²) in [6.45, 7) is 7.60. The van der Waals surface area contributed by atoms with Crippen molar-refractivity contribution in [2.24, 2.45) is 0 Å². The van der Waals surface area contributed by atoms with Gasteiger partial charge in [-0.15, -0.1) is 0 Å². The van der Waals surface area contributed by atoms with Crippen LogP contribution in [0.1, 0.15) is 51.1 Å². The highest BCUT2D eigenvalue weighted by atomic mass is 16.3. The molecule has 3 heteroatoms. The van der Waals surface area contributed by atoms with E-state index in [9.17, 15) is 5.11 Å². The molecule has 1 aliphatic rings. The molecule has 0 heterocycles. The van der Waals surface area contributed by atoms with Gasteiger partial charge in [-0.25, -0.2) is 0 Å². The van der Waals surface area contributed by atoms with E-state index in [4.69, 9.17) is 0 Å². The van der Waals surface area contributed by atoms with Crippen LogP contribution in [0.3, 0.4) is 0 Å². The molecular weight excluding hydrogens is 260 g/mol. The van der Waals surface area contributed by atoms with Gasteiger partial charge in [0.2, 0.25) is 0 Å². The molecule has 3 nitrogen and oxygen atoms in total. The number of likely N-dealkylation sites (N-methyl/N-ethyl adjacent to an activating group) is 1. The predicted octanol–water partition coefficient (Wildman–Crippen LogP) is 2.96. The van der Waals surface area contributed by atoms with Crippen LogP contribution in [0.2, 0.25) is 0 Å². The van der Waals surface area contributed by atoms with Crippen molar-refractivity contribution in [2.75, 3.05) is 19.6 Å². The largest absolute Gasteiger partial charge is 0.393 e. The van der Waals surface area contributed by atoms with E-state index in [1.807, 2.05) is 0 Å². The summed E-state index contributed by atoms with van der Waals surface area (Å²) in [5.41, 5.74) is 1.39. The summed E-state index contributed by atoms with van der Waals surface area (Å²) in [6, 6.07) is 11.8. The Labute approximate surface area is 129 Å². The van der Waals surface area contributed by atoms with Crippen LogP contribution in [0, 0.1) is 0 Å². The minimum Gasteiger partial charge on any atom is -0.393 e. The molecule has 118 valence electrons. The predicted molar refractivity (Wildman–Crippen MR) is 88.4 cm³/mol. The zero-order chi connectivity index (χ0) is 15.1. The van der Waals surface area contributed by atoms with Gasteiger partial charge in [-0.05, 0) is 44.3 Å². The van der Waals surface area contributed by atoms with E-state index in [2.05, 4.69) is 54.4 Å². The lowest BCUT2D eigenvalue weighted by Gasteiger charge is -2.33. The highest BCUT2D eigenvalue weighted by Gasteiger charge is 2.22. The van der Waals surface area contributed by atoms with Gasteiger partial charge in [-0.1, -0.05) is 44.2 Å². The molecule has 0 aromatic heterocycles. The Morgan fingerprint density at radius 1 is 1.10 bits per heavy atom. The molecule has 1 aliphatic carbocycles. The lowest BCUT2D eigenvalue weighted by Crippen LogP contribution is -2.41. The van der Waals surface area contributed by atoms with E-state index in [-0.39, 0.29) is 6.10 Å². The first-order valence-corrected chi connectivity index (χ1v) is 8.45. The minimum atomic E-state index is -0.0734. The molecule has 0 radical (unpaired) electrons. The molecule has 1 aromatic rings. The molecule has 0 amide bonds. The van der Waals surface area contributed by atoms with E-state index in [0.29, 0.717) is 12.1 Å². The maximum atomic E-state index is 9.61. The normalized spacial score (nSPS) is 24.2. The van der Waals surface area contributed by atoms with Crippen LogP contribution in [0.5, 0.6) is 0 Å². The molecule has 1 saturated carbocycles. The van der Waals surface area contributed by atoms with Crippen molar-refractivity contribution in [1.82, 2.24) is 10.2 Å². The van der Waals surface area contributed by atoms with Crippen molar-refractivity contribution >= 4 is 0 Å². The minimum absolute atomic E-state index is 0.0734. The fourth-order valence-corrected chi connectivity index (χ4v) is 3.36. The Bertz CT molecular complexity index is 383. The first-order chi connectivity index (χ1) is 10.2.